The van der Waals surface area contributed by atoms with E-state index in [9.17, 15) is 9.59 Å². The summed E-state index contributed by atoms with van der Waals surface area (Å²) in [5.41, 5.74) is 6.44. The van der Waals surface area contributed by atoms with Crippen LogP contribution in [0.15, 0.2) is 30.3 Å². The molecule has 0 aliphatic carbocycles. The van der Waals surface area contributed by atoms with E-state index in [4.69, 9.17) is 5.73 Å². The summed E-state index contributed by atoms with van der Waals surface area (Å²) in [4.78, 5) is 22.6. The molecule has 3 N–H and O–H groups in total. The van der Waals surface area contributed by atoms with Gasteiger partial charge in [-0.2, -0.15) is 0 Å². The molecule has 0 saturated heterocycles. The SMILES string of the molecule is CCOC(=O)CNC(=O)[C@@H](N)c1ccccc1. The molecule has 5 heteroatoms. The highest BCUT2D eigenvalue weighted by molar-refractivity contribution is 5.86. The number of carbonyl (C=O) groups is 2. The second-order valence-electron chi connectivity index (χ2n) is 3.41. The summed E-state index contributed by atoms with van der Waals surface area (Å²) in [6.45, 7) is 1.84. The van der Waals surface area contributed by atoms with Crippen LogP contribution in [0.1, 0.15) is 18.5 Å². The first-order chi connectivity index (χ1) is 8.15. The van der Waals surface area contributed by atoms with Crippen LogP contribution in [0.5, 0.6) is 0 Å². The summed E-state index contributed by atoms with van der Waals surface area (Å²) < 4.78 is 4.68. The molecule has 1 aromatic rings. The van der Waals surface area contributed by atoms with Crippen LogP contribution in [-0.4, -0.2) is 25.0 Å². The van der Waals surface area contributed by atoms with Crippen molar-refractivity contribution in [3.63, 3.8) is 0 Å². The van der Waals surface area contributed by atoms with Crippen molar-refractivity contribution >= 4 is 11.9 Å². The Morgan fingerprint density at radius 3 is 2.59 bits per heavy atom. The molecule has 0 aliphatic rings. The lowest BCUT2D eigenvalue weighted by molar-refractivity contribution is -0.143. The summed E-state index contributed by atoms with van der Waals surface area (Å²) in [7, 11) is 0. The molecule has 0 bridgehead atoms. The molecular formula is C12H16N2O3. The molecule has 0 aliphatic heterocycles. The van der Waals surface area contributed by atoms with Gasteiger partial charge in [0, 0.05) is 0 Å². The Balaban J connectivity index is 2.45. The maximum atomic E-state index is 11.6. The van der Waals surface area contributed by atoms with Crippen LogP contribution < -0.4 is 11.1 Å². The van der Waals surface area contributed by atoms with E-state index in [-0.39, 0.29) is 6.54 Å². The molecule has 0 aromatic heterocycles. The fourth-order valence-electron chi connectivity index (χ4n) is 1.29. The molecule has 92 valence electrons. The normalized spacial score (nSPS) is 11.6. The topological polar surface area (TPSA) is 81.4 Å². The van der Waals surface area contributed by atoms with E-state index in [2.05, 4.69) is 10.1 Å². The minimum absolute atomic E-state index is 0.160. The molecule has 1 amide bonds. The number of hydrogen-bond acceptors (Lipinski definition) is 4. The predicted molar refractivity (Wildman–Crippen MR) is 63.0 cm³/mol. The molecule has 17 heavy (non-hydrogen) atoms. The Labute approximate surface area is 99.9 Å². The van der Waals surface area contributed by atoms with Crippen LogP contribution in [0.3, 0.4) is 0 Å². The van der Waals surface area contributed by atoms with E-state index >= 15 is 0 Å². The van der Waals surface area contributed by atoms with Crippen molar-refractivity contribution in [3.05, 3.63) is 35.9 Å². The first-order valence-corrected chi connectivity index (χ1v) is 5.39. The lowest BCUT2D eigenvalue weighted by atomic mass is 10.1. The molecule has 1 aromatic carbocycles. The molecule has 0 fully saturated rings. The number of esters is 1. The minimum atomic E-state index is -0.773. The quantitative estimate of drug-likeness (QED) is 0.723. The minimum Gasteiger partial charge on any atom is -0.465 e. The third-order valence-electron chi connectivity index (χ3n) is 2.15. The Morgan fingerprint density at radius 2 is 2.00 bits per heavy atom. The number of ether oxygens (including phenoxy) is 1. The van der Waals surface area contributed by atoms with Crippen molar-refractivity contribution in [2.75, 3.05) is 13.2 Å². The van der Waals surface area contributed by atoms with Gasteiger partial charge in [-0.15, -0.1) is 0 Å². The third-order valence-corrected chi connectivity index (χ3v) is 2.15. The highest BCUT2D eigenvalue weighted by Gasteiger charge is 2.16. The summed E-state index contributed by atoms with van der Waals surface area (Å²) in [5.74, 6) is -0.870. The van der Waals surface area contributed by atoms with E-state index in [0.29, 0.717) is 12.2 Å². The lowest BCUT2D eigenvalue weighted by Gasteiger charge is -2.11. The smallest absolute Gasteiger partial charge is 0.325 e. The fraction of sp³-hybridized carbons (Fsp3) is 0.333. The maximum absolute atomic E-state index is 11.6. The number of nitrogens with two attached hydrogens (primary N) is 1. The summed E-state index contributed by atoms with van der Waals surface area (Å²) in [6, 6.07) is 8.18. The summed E-state index contributed by atoms with van der Waals surface area (Å²) in [6.07, 6.45) is 0. The van der Waals surface area contributed by atoms with Crippen LogP contribution in [-0.2, 0) is 14.3 Å². The Hall–Kier alpha value is -1.88. The Morgan fingerprint density at radius 1 is 1.35 bits per heavy atom. The van der Waals surface area contributed by atoms with Gasteiger partial charge in [0.1, 0.15) is 12.6 Å². The van der Waals surface area contributed by atoms with Crippen LogP contribution >= 0.6 is 0 Å². The van der Waals surface area contributed by atoms with Crippen LogP contribution in [0, 0.1) is 0 Å². The highest BCUT2D eigenvalue weighted by Crippen LogP contribution is 2.08. The van der Waals surface area contributed by atoms with E-state index in [1.807, 2.05) is 6.07 Å². The van der Waals surface area contributed by atoms with Gasteiger partial charge in [-0.1, -0.05) is 30.3 Å². The lowest BCUT2D eigenvalue weighted by Crippen LogP contribution is -2.37. The van der Waals surface area contributed by atoms with Crippen LogP contribution in [0.25, 0.3) is 0 Å². The van der Waals surface area contributed by atoms with Crippen molar-refractivity contribution in [2.24, 2.45) is 5.73 Å². The number of amides is 1. The molecule has 5 nitrogen and oxygen atoms in total. The molecule has 0 radical (unpaired) electrons. The van der Waals surface area contributed by atoms with Gasteiger partial charge >= 0.3 is 5.97 Å². The van der Waals surface area contributed by atoms with Crippen molar-refractivity contribution in [2.45, 2.75) is 13.0 Å². The third kappa shape index (κ3) is 4.24. The second-order valence-corrected chi connectivity index (χ2v) is 3.41. The summed E-state index contributed by atoms with van der Waals surface area (Å²) >= 11 is 0. The number of benzene rings is 1. The standard InChI is InChI=1S/C12H16N2O3/c1-2-17-10(15)8-14-12(16)11(13)9-6-4-3-5-7-9/h3-7,11H,2,8,13H2,1H3,(H,14,16)/t11-/m0/s1. The second kappa shape index (κ2) is 6.65. The number of carbonyl (C=O) groups excluding carboxylic acids is 2. The molecule has 0 unspecified atom stereocenters. The number of hydrogen-bond donors (Lipinski definition) is 2. The van der Waals surface area contributed by atoms with Gasteiger partial charge in [-0.05, 0) is 12.5 Å². The van der Waals surface area contributed by atoms with E-state index in [0.717, 1.165) is 0 Å². The van der Waals surface area contributed by atoms with Crippen LogP contribution in [0.2, 0.25) is 0 Å². The van der Waals surface area contributed by atoms with E-state index in [1.54, 1.807) is 31.2 Å². The van der Waals surface area contributed by atoms with Gasteiger partial charge < -0.3 is 15.8 Å². The Bertz CT molecular complexity index is 379. The molecular weight excluding hydrogens is 220 g/mol. The first-order valence-electron chi connectivity index (χ1n) is 5.39. The van der Waals surface area contributed by atoms with Gasteiger partial charge in [-0.3, -0.25) is 9.59 Å². The fourth-order valence-corrected chi connectivity index (χ4v) is 1.29. The van der Waals surface area contributed by atoms with Crippen molar-refractivity contribution in [1.82, 2.24) is 5.32 Å². The molecule has 1 rings (SSSR count). The predicted octanol–water partition coefficient (Wildman–Crippen LogP) is 0.366. The van der Waals surface area contributed by atoms with Gasteiger partial charge in [0.2, 0.25) is 5.91 Å². The average Bonchev–Trinajstić information content (AvgIpc) is 2.36. The van der Waals surface area contributed by atoms with Gasteiger partial charge in [-0.25, -0.2) is 0 Å². The zero-order valence-corrected chi connectivity index (χ0v) is 9.68. The van der Waals surface area contributed by atoms with E-state index < -0.39 is 17.9 Å². The number of rotatable bonds is 5. The molecule has 1 atom stereocenters. The largest absolute Gasteiger partial charge is 0.465 e. The Kier molecular flexibility index (Phi) is 5.16. The van der Waals surface area contributed by atoms with Crippen molar-refractivity contribution < 1.29 is 14.3 Å². The molecule has 0 heterocycles. The maximum Gasteiger partial charge on any atom is 0.325 e. The van der Waals surface area contributed by atoms with Gasteiger partial charge in [0.05, 0.1) is 6.61 Å². The zero-order valence-electron chi connectivity index (χ0n) is 9.68. The molecule has 0 spiro atoms. The van der Waals surface area contributed by atoms with Gasteiger partial charge in [0.25, 0.3) is 0 Å². The van der Waals surface area contributed by atoms with Crippen LogP contribution in [0.4, 0.5) is 0 Å². The monoisotopic (exact) mass is 236 g/mol. The van der Waals surface area contributed by atoms with Gasteiger partial charge in [0.15, 0.2) is 0 Å². The highest BCUT2D eigenvalue weighted by atomic mass is 16.5. The molecule has 0 saturated carbocycles. The zero-order chi connectivity index (χ0) is 12.7. The number of nitrogens with one attached hydrogen (secondary N) is 1. The first kappa shape index (κ1) is 13.2. The van der Waals surface area contributed by atoms with E-state index in [1.165, 1.54) is 0 Å². The van der Waals surface area contributed by atoms with Crippen molar-refractivity contribution in [3.8, 4) is 0 Å². The van der Waals surface area contributed by atoms with Crippen molar-refractivity contribution in [1.29, 1.82) is 0 Å². The summed E-state index contributed by atoms with van der Waals surface area (Å²) in [5, 5.41) is 2.43. The average molecular weight is 236 g/mol.